The van der Waals surface area contributed by atoms with Gasteiger partial charge in [-0.25, -0.2) is 0 Å². The van der Waals surface area contributed by atoms with E-state index >= 15 is 0 Å². The Balaban J connectivity index is 2.80. The molecule has 0 aromatic carbocycles. The number of aromatic nitrogens is 1. The van der Waals surface area contributed by atoms with Crippen LogP contribution < -0.4 is 5.32 Å². The van der Waals surface area contributed by atoms with Gasteiger partial charge in [0.05, 0.1) is 24.4 Å². The van der Waals surface area contributed by atoms with Crippen LogP contribution in [-0.2, 0) is 16.1 Å². The second-order valence-electron chi connectivity index (χ2n) is 4.92. The normalized spacial score (nSPS) is 11.4. The zero-order chi connectivity index (χ0) is 14.3. The largest absolute Gasteiger partial charge is 0.383 e. The van der Waals surface area contributed by atoms with Gasteiger partial charge in [-0.15, -0.1) is 0 Å². The molecule has 0 aliphatic heterocycles. The summed E-state index contributed by atoms with van der Waals surface area (Å²) in [6.07, 6.45) is 1.73. The lowest BCUT2D eigenvalue weighted by molar-refractivity contribution is -0.138. The van der Waals surface area contributed by atoms with Gasteiger partial charge >= 0.3 is 0 Å². The summed E-state index contributed by atoms with van der Waals surface area (Å²) in [6, 6.07) is 5.70. The summed E-state index contributed by atoms with van der Waals surface area (Å²) in [5.74, 6) is 0.0395. The molecule has 19 heavy (non-hydrogen) atoms. The lowest BCUT2D eigenvalue weighted by Gasteiger charge is -2.31. The van der Waals surface area contributed by atoms with Gasteiger partial charge in [0, 0.05) is 19.9 Å². The van der Waals surface area contributed by atoms with Crippen molar-refractivity contribution in [3.63, 3.8) is 0 Å². The predicted octanol–water partition coefficient (Wildman–Crippen LogP) is 1.05. The number of hydrogen-bond donors (Lipinski definition) is 1. The Labute approximate surface area is 115 Å². The number of methoxy groups -OCH3 is 1. The first-order valence-electron chi connectivity index (χ1n) is 6.38. The third kappa shape index (κ3) is 4.61. The van der Waals surface area contributed by atoms with E-state index in [4.69, 9.17) is 4.74 Å². The first-order chi connectivity index (χ1) is 9.01. The van der Waals surface area contributed by atoms with E-state index < -0.39 is 5.54 Å². The van der Waals surface area contributed by atoms with Crippen LogP contribution in [0.1, 0.15) is 19.5 Å². The summed E-state index contributed by atoms with van der Waals surface area (Å²) in [7, 11) is 3.42. The number of amides is 1. The van der Waals surface area contributed by atoms with E-state index in [1.54, 1.807) is 25.3 Å². The molecule has 1 aromatic heterocycles. The van der Waals surface area contributed by atoms with Crippen LogP contribution in [0.2, 0.25) is 0 Å². The van der Waals surface area contributed by atoms with Crippen LogP contribution in [0.4, 0.5) is 0 Å². The van der Waals surface area contributed by atoms with Gasteiger partial charge in [0.2, 0.25) is 5.91 Å². The molecule has 1 rings (SSSR count). The van der Waals surface area contributed by atoms with Crippen LogP contribution in [0.3, 0.4) is 0 Å². The van der Waals surface area contributed by atoms with E-state index in [0.717, 1.165) is 5.69 Å². The molecule has 1 aromatic rings. The number of likely N-dealkylation sites (N-methyl/N-ethyl adjacent to an activating group) is 1. The standard InChI is InChI=1S/C14H23N3O2/c1-14(2,15-3)13(18)17(9-10-19-4)11-12-7-5-6-8-16-12/h5-8,15H,9-11H2,1-4H3. The minimum atomic E-state index is -0.595. The fourth-order valence-corrected chi connectivity index (χ4v) is 1.64. The molecular formula is C14H23N3O2. The number of hydrogen-bond acceptors (Lipinski definition) is 4. The Hall–Kier alpha value is -1.46. The van der Waals surface area contributed by atoms with Gasteiger partial charge < -0.3 is 15.0 Å². The molecule has 0 spiro atoms. The third-order valence-corrected chi connectivity index (χ3v) is 3.09. The highest BCUT2D eigenvalue weighted by Crippen LogP contribution is 2.10. The summed E-state index contributed by atoms with van der Waals surface area (Å²) in [5.41, 5.74) is 0.279. The van der Waals surface area contributed by atoms with Crippen molar-refractivity contribution in [2.45, 2.75) is 25.9 Å². The van der Waals surface area contributed by atoms with Gasteiger partial charge in [-0.05, 0) is 33.0 Å². The van der Waals surface area contributed by atoms with Crippen LogP contribution in [-0.4, -0.2) is 48.6 Å². The van der Waals surface area contributed by atoms with Gasteiger partial charge in [0.15, 0.2) is 0 Å². The van der Waals surface area contributed by atoms with Crippen LogP contribution in [0.5, 0.6) is 0 Å². The fraction of sp³-hybridized carbons (Fsp3) is 0.571. The molecule has 0 saturated heterocycles. The Kier molecular flexibility index (Phi) is 5.92. The number of pyridine rings is 1. The maximum Gasteiger partial charge on any atom is 0.242 e. The molecule has 5 nitrogen and oxygen atoms in total. The minimum absolute atomic E-state index is 0.0395. The Bertz CT molecular complexity index is 393. The van der Waals surface area contributed by atoms with Crippen LogP contribution >= 0.6 is 0 Å². The summed E-state index contributed by atoms with van der Waals surface area (Å²) in [4.78, 5) is 18.5. The predicted molar refractivity (Wildman–Crippen MR) is 74.7 cm³/mol. The Morgan fingerprint density at radius 2 is 2.21 bits per heavy atom. The maximum absolute atomic E-state index is 12.5. The first kappa shape index (κ1) is 15.6. The molecule has 0 radical (unpaired) electrons. The molecule has 1 amide bonds. The molecule has 0 saturated carbocycles. The number of nitrogens with one attached hydrogen (secondary N) is 1. The van der Waals surface area contributed by atoms with Crippen molar-refractivity contribution in [2.75, 3.05) is 27.3 Å². The lowest BCUT2D eigenvalue weighted by atomic mass is 10.0. The highest BCUT2D eigenvalue weighted by atomic mass is 16.5. The highest BCUT2D eigenvalue weighted by Gasteiger charge is 2.30. The molecular weight excluding hydrogens is 242 g/mol. The summed E-state index contributed by atoms with van der Waals surface area (Å²) < 4.78 is 5.07. The van der Waals surface area contributed by atoms with E-state index in [1.807, 2.05) is 32.0 Å². The van der Waals surface area contributed by atoms with Gasteiger partial charge in [0.1, 0.15) is 0 Å². The van der Waals surface area contributed by atoms with Crippen molar-refractivity contribution in [2.24, 2.45) is 0 Å². The van der Waals surface area contributed by atoms with Gasteiger partial charge in [-0.2, -0.15) is 0 Å². The second-order valence-corrected chi connectivity index (χ2v) is 4.92. The molecule has 1 N–H and O–H groups in total. The molecule has 0 atom stereocenters. The summed E-state index contributed by atoms with van der Waals surface area (Å²) in [6.45, 7) is 5.30. The summed E-state index contributed by atoms with van der Waals surface area (Å²) in [5, 5.41) is 3.03. The molecule has 106 valence electrons. The zero-order valence-electron chi connectivity index (χ0n) is 12.1. The van der Waals surface area contributed by atoms with Crippen molar-refractivity contribution >= 4 is 5.91 Å². The average molecular weight is 265 g/mol. The van der Waals surface area contributed by atoms with E-state index in [2.05, 4.69) is 10.3 Å². The van der Waals surface area contributed by atoms with Crippen molar-refractivity contribution in [1.29, 1.82) is 0 Å². The molecule has 0 fully saturated rings. The number of ether oxygens (including phenoxy) is 1. The van der Waals surface area contributed by atoms with E-state index in [-0.39, 0.29) is 5.91 Å². The van der Waals surface area contributed by atoms with Crippen molar-refractivity contribution < 1.29 is 9.53 Å². The molecule has 0 bridgehead atoms. The van der Waals surface area contributed by atoms with Gasteiger partial charge in [0.25, 0.3) is 0 Å². The van der Waals surface area contributed by atoms with Crippen LogP contribution in [0.15, 0.2) is 24.4 Å². The Morgan fingerprint density at radius 3 is 2.74 bits per heavy atom. The van der Waals surface area contributed by atoms with Crippen LogP contribution in [0, 0.1) is 0 Å². The van der Waals surface area contributed by atoms with Gasteiger partial charge in [-0.3, -0.25) is 9.78 Å². The average Bonchev–Trinajstić information content (AvgIpc) is 2.43. The lowest BCUT2D eigenvalue weighted by Crippen LogP contribution is -2.53. The maximum atomic E-state index is 12.5. The number of nitrogens with zero attached hydrogens (tertiary/aromatic N) is 2. The van der Waals surface area contributed by atoms with E-state index in [0.29, 0.717) is 19.7 Å². The summed E-state index contributed by atoms with van der Waals surface area (Å²) >= 11 is 0. The minimum Gasteiger partial charge on any atom is -0.383 e. The topological polar surface area (TPSA) is 54.5 Å². The third-order valence-electron chi connectivity index (χ3n) is 3.09. The zero-order valence-corrected chi connectivity index (χ0v) is 12.1. The Morgan fingerprint density at radius 1 is 1.47 bits per heavy atom. The fourth-order valence-electron chi connectivity index (χ4n) is 1.64. The molecule has 5 heteroatoms. The van der Waals surface area contributed by atoms with E-state index in [9.17, 15) is 4.79 Å². The molecule has 0 aliphatic rings. The first-order valence-corrected chi connectivity index (χ1v) is 6.38. The quantitative estimate of drug-likeness (QED) is 0.801. The second kappa shape index (κ2) is 7.21. The molecule has 1 heterocycles. The van der Waals surface area contributed by atoms with Crippen LogP contribution in [0.25, 0.3) is 0 Å². The number of carbonyl (C=O) groups excluding carboxylic acids is 1. The molecule has 0 aliphatic carbocycles. The highest BCUT2D eigenvalue weighted by molar-refractivity contribution is 5.85. The van der Waals surface area contributed by atoms with Gasteiger partial charge in [-0.1, -0.05) is 6.07 Å². The SMILES string of the molecule is CNC(C)(C)C(=O)N(CCOC)Cc1ccccn1. The number of rotatable bonds is 7. The smallest absolute Gasteiger partial charge is 0.242 e. The van der Waals surface area contributed by atoms with Crippen molar-refractivity contribution in [3.8, 4) is 0 Å². The molecule has 0 unspecified atom stereocenters. The number of carbonyl (C=O) groups is 1. The van der Waals surface area contributed by atoms with Crippen molar-refractivity contribution in [1.82, 2.24) is 15.2 Å². The monoisotopic (exact) mass is 265 g/mol. The van der Waals surface area contributed by atoms with E-state index in [1.165, 1.54) is 0 Å². The van der Waals surface area contributed by atoms with Crippen molar-refractivity contribution in [3.05, 3.63) is 30.1 Å².